The molecule has 1 aliphatic rings. The Kier molecular flexibility index (Phi) is 3.41. The molecule has 0 N–H and O–H groups in total. The second kappa shape index (κ2) is 4.79. The molecule has 0 spiro atoms. The van der Waals surface area contributed by atoms with E-state index in [1.807, 2.05) is 6.33 Å². The third-order valence-electron chi connectivity index (χ3n) is 3.05. The third-order valence-corrected chi connectivity index (χ3v) is 3.05. The first-order valence-electron chi connectivity index (χ1n) is 5.85. The molecular weight excluding hydrogens is 188 g/mol. The van der Waals surface area contributed by atoms with Crippen LogP contribution in [-0.2, 0) is 11.3 Å². The van der Waals surface area contributed by atoms with E-state index in [1.165, 1.54) is 18.5 Å². The molecule has 0 radical (unpaired) electrons. The standard InChI is InChI=1S/C12H20N2O/c1-10(2)12-8-14(9-13-12)7-11-3-5-15-6-4-11/h8-11H,3-7H2,1-2H3. The highest BCUT2D eigenvalue weighted by molar-refractivity contribution is 5.01. The molecule has 84 valence electrons. The molecule has 0 aliphatic carbocycles. The van der Waals surface area contributed by atoms with E-state index in [1.54, 1.807) is 0 Å². The van der Waals surface area contributed by atoms with Gasteiger partial charge in [0, 0.05) is 26.0 Å². The van der Waals surface area contributed by atoms with Crippen LogP contribution in [0.5, 0.6) is 0 Å². The Balaban J connectivity index is 1.91. The summed E-state index contributed by atoms with van der Waals surface area (Å²) in [6.07, 6.45) is 6.52. The van der Waals surface area contributed by atoms with E-state index in [4.69, 9.17) is 4.74 Å². The summed E-state index contributed by atoms with van der Waals surface area (Å²) in [4.78, 5) is 4.41. The van der Waals surface area contributed by atoms with Crippen LogP contribution >= 0.6 is 0 Å². The Morgan fingerprint density at radius 2 is 2.20 bits per heavy atom. The minimum absolute atomic E-state index is 0.529. The maximum atomic E-state index is 5.36. The Hall–Kier alpha value is -0.830. The smallest absolute Gasteiger partial charge is 0.0949 e. The van der Waals surface area contributed by atoms with Crippen LogP contribution in [0.1, 0.15) is 38.3 Å². The van der Waals surface area contributed by atoms with Crippen LogP contribution in [0.25, 0.3) is 0 Å². The van der Waals surface area contributed by atoms with Gasteiger partial charge >= 0.3 is 0 Å². The summed E-state index contributed by atoms with van der Waals surface area (Å²) >= 11 is 0. The minimum Gasteiger partial charge on any atom is -0.381 e. The fourth-order valence-electron chi connectivity index (χ4n) is 2.00. The van der Waals surface area contributed by atoms with Gasteiger partial charge in [0.1, 0.15) is 0 Å². The van der Waals surface area contributed by atoms with Crippen LogP contribution in [0.3, 0.4) is 0 Å². The highest BCUT2D eigenvalue weighted by atomic mass is 16.5. The molecule has 0 atom stereocenters. The summed E-state index contributed by atoms with van der Waals surface area (Å²) in [5.74, 6) is 1.30. The predicted molar refractivity (Wildman–Crippen MR) is 59.9 cm³/mol. The van der Waals surface area contributed by atoms with Gasteiger partial charge in [0.05, 0.1) is 12.0 Å². The highest BCUT2D eigenvalue weighted by Crippen LogP contribution is 2.18. The summed E-state index contributed by atoms with van der Waals surface area (Å²) in [5, 5.41) is 0. The molecule has 3 nitrogen and oxygen atoms in total. The number of hydrogen-bond acceptors (Lipinski definition) is 2. The lowest BCUT2D eigenvalue weighted by Crippen LogP contribution is -2.19. The van der Waals surface area contributed by atoms with Crippen LogP contribution < -0.4 is 0 Å². The lowest BCUT2D eigenvalue weighted by atomic mass is 10.0. The van der Waals surface area contributed by atoms with E-state index in [2.05, 4.69) is 29.6 Å². The van der Waals surface area contributed by atoms with Crippen LogP contribution in [-0.4, -0.2) is 22.8 Å². The van der Waals surface area contributed by atoms with Crippen molar-refractivity contribution in [2.75, 3.05) is 13.2 Å². The van der Waals surface area contributed by atoms with Crippen molar-refractivity contribution < 1.29 is 4.74 Å². The van der Waals surface area contributed by atoms with Gasteiger partial charge in [0.25, 0.3) is 0 Å². The van der Waals surface area contributed by atoms with Gasteiger partial charge in [-0.1, -0.05) is 13.8 Å². The van der Waals surface area contributed by atoms with E-state index < -0.39 is 0 Å². The van der Waals surface area contributed by atoms with Crippen molar-refractivity contribution in [2.24, 2.45) is 5.92 Å². The van der Waals surface area contributed by atoms with E-state index >= 15 is 0 Å². The largest absolute Gasteiger partial charge is 0.381 e. The zero-order valence-corrected chi connectivity index (χ0v) is 9.65. The summed E-state index contributed by atoms with van der Waals surface area (Å²) < 4.78 is 7.58. The SMILES string of the molecule is CC(C)c1cn(CC2CCOCC2)cn1. The molecular formula is C12H20N2O. The van der Waals surface area contributed by atoms with Crippen LogP contribution in [0.2, 0.25) is 0 Å². The van der Waals surface area contributed by atoms with Crippen molar-refractivity contribution in [3.8, 4) is 0 Å². The molecule has 3 heteroatoms. The second-order valence-electron chi connectivity index (χ2n) is 4.71. The minimum atomic E-state index is 0.529. The third kappa shape index (κ3) is 2.81. The zero-order valence-electron chi connectivity index (χ0n) is 9.65. The Morgan fingerprint density at radius 1 is 1.47 bits per heavy atom. The second-order valence-corrected chi connectivity index (χ2v) is 4.71. The number of nitrogens with zero attached hydrogens (tertiary/aromatic N) is 2. The fraction of sp³-hybridized carbons (Fsp3) is 0.750. The molecule has 1 saturated heterocycles. The first-order valence-corrected chi connectivity index (χ1v) is 5.85. The first kappa shape index (κ1) is 10.7. The molecule has 1 fully saturated rings. The average Bonchev–Trinajstić information content (AvgIpc) is 2.68. The Morgan fingerprint density at radius 3 is 2.80 bits per heavy atom. The van der Waals surface area contributed by atoms with Gasteiger partial charge in [-0.2, -0.15) is 0 Å². The summed E-state index contributed by atoms with van der Waals surface area (Å²) in [6.45, 7) is 7.32. The van der Waals surface area contributed by atoms with Crippen molar-refractivity contribution in [2.45, 2.75) is 39.2 Å². The highest BCUT2D eigenvalue weighted by Gasteiger charge is 2.14. The fourth-order valence-corrected chi connectivity index (χ4v) is 2.00. The quantitative estimate of drug-likeness (QED) is 0.763. The number of rotatable bonds is 3. The van der Waals surface area contributed by atoms with E-state index in [9.17, 15) is 0 Å². The number of ether oxygens (including phenoxy) is 1. The van der Waals surface area contributed by atoms with Gasteiger partial charge in [0.2, 0.25) is 0 Å². The molecule has 0 unspecified atom stereocenters. The van der Waals surface area contributed by atoms with Crippen LogP contribution in [0.15, 0.2) is 12.5 Å². The molecule has 2 heterocycles. The molecule has 1 aliphatic heterocycles. The maximum absolute atomic E-state index is 5.36. The Bertz CT molecular complexity index is 300. The van der Waals surface area contributed by atoms with E-state index in [0.717, 1.165) is 25.7 Å². The molecule has 0 saturated carbocycles. The number of imidazole rings is 1. The molecule has 1 aromatic rings. The first-order chi connectivity index (χ1) is 7.25. The maximum Gasteiger partial charge on any atom is 0.0949 e. The zero-order chi connectivity index (χ0) is 10.7. The normalized spacial score (nSPS) is 18.6. The summed E-state index contributed by atoms with van der Waals surface area (Å²) in [7, 11) is 0. The van der Waals surface area contributed by atoms with Gasteiger partial charge in [-0.05, 0) is 24.7 Å². The molecule has 15 heavy (non-hydrogen) atoms. The van der Waals surface area contributed by atoms with Crippen molar-refractivity contribution in [3.05, 3.63) is 18.2 Å². The molecule has 1 aromatic heterocycles. The van der Waals surface area contributed by atoms with Gasteiger partial charge in [-0.15, -0.1) is 0 Å². The van der Waals surface area contributed by atoms with E-state index in [0.29, 0.717) is 5.92 Å². The lowest BCUT2D eigenvalue weighted by Gasteiger charge is -2.22. The Labute approximate surface area is 91.5 Å². The van der Waals surface area contributed by atoms with Gasteiger partial charge in [0.15, 0.2) is 0 Å². The molecule has 2 rings (SSSR count). The number of hydrogen-bond donors (Lipinski definition) is 0. The predicted octanol–water partition coefficient (Wildman–Crippen LogP) is 2.43. The molecule has 0 amide bonds. The summed E-state index contributed by atoms with van der Waals surface area (Å²) in [6, 6.07) is 0. The molecule has 0 aromatic carbocycles. The lowest BCUT2D eigenvalue weighted by molar-refractivity contribution is 0.0612. The van der Waals surface area contributed by atoms with Gasteiger partial charge < -0.3 is 9.30 Å². The van der Waals surface area contributed by atoms with Crippen molar-refractivity contribution in [3.63, 3.8) is 0 Å². The molecule has 0 bridgehead atoms. The van der Waals surface area contributed by atoms with Gasteiger partial charge in [-0.3, -0.25) is 0 Å². The van der Waals surface area contributed by atoms with Crippen molar-refractivity contribution in [1.29, 1.82) is 0 Å². The van der Waals surface area contributed by atoms with Gasteiger partial charge in [-0.25, -0.2) is 4.98 Å². The van der Waals surface area contributed by atoms with Crippen LogP contribution in [0, 0.1) is 5.92 Å². The summed E-state index contributed by atoms with van der Waals surface area (Å²) in [5.41, 5.74) is 1.20. The average molecular weight is 208 g/mol. The van der Waals surface area contributed by atoms with Crippen molar-refractivity contribution >= 4 is 0 Å². The monoisotopic (exact) mass is 208 g/mol. The number of aromatic nitrogens is 2. The van der Waals surface area contributed by atoms with E-state index in [-0.39, 0.29) is 0 Å². The van der Waals surface area contributed by atoms with Crippen molar-refractivity contribution in [1.82, 2.24) is 9.55 Å². The topological polar surface area (TPSA) is 27.1 Å². The van der Waals surface area contributed by atoms with Crippen LogP contribution in [0.4, 0.5) is 0 Å².